The molecule has 0 spiro atoms. The van der Waals surface area contributed by atoms with Crippen LogP contribution in [0.5, 0.6) is 0 Å². The predicted octanol–water partition coefficient (Wildman–Crippen LogP) is 1.94. The zero-order valence-electron chi connectivity index (χ0n) is 13.3. The molecule has 0 aliphatic heterocycles. The molecule has 114 valence electrons. The Hall–Kier alpha value is -0.610. The summed E-state index contributed by atoms with van der Waals surface area (Å²) in [4.78, 5) is 16.4. The second-order valence-corrected chi connectivity index (χ2v) is 5.57. The molecule has 0 radical (unpaired) electrons. The van der Waals surface area contributed by atoms with Crippen molar-refractivity contribution in [3.63, 3.8) is 0 Å². The van der Waals surface area contributed by atoms with Gasteiger partial charge in [-0.2, -0.15) is 0 Å². The Labute approximate surface area is 119 Å². The maximum Gasteiger partial charge on any atom is 0.222 e. The van der Waals surface area contributed by atoms with Crippen LogP contribution in [0.1, 0.15) is 46.0 Å². The van der Waals surface area contributed by atoms with Crippen LogP contribution in [0.2, 0.25) is 0 Å². The van der Waals surface area contributed by atoms with Crippen molar-refractivity contribution in [3.8, 4) is 0 Å². The minimum atomic E-state index is 0.305. The molecule has 1 atom stereocenters. The molecular weight excluding hydrogens is 238 g/mol. The van der Waals surface area contributed by atoms with E-state index in [0.29, 0.717) is 18.2 Å². The highest BCUT2D eigenvalue weighted by Gasteiger charge is 2.15. The van der Waals surface area contributed by atoms with Crippen molar-refractivity contribution < 1.29 is 4.79 Å². The van der Waals surface area contributed by atoms with Gasteiger partial charge in [-0.3, -0.25) is 4.79 Å². The van der Waals surface area contributed by atoms with Gasteiger partial charge in [0.2, 0.25) is 5.91 Å². The summed E-state index contributed by atoms with van der Waals surface area (Å²) in [7, 11) is 4.09. The summed E-state index contributed by atoms with van der Waals surface area (Å²) in [6, 6.07) is 0. The lowest BCUT2D eigenvalue weighted by Gasteiger charge is -2.25. The molecule has 2 N–H and O–H groups in total. The summed E-state index contributed by atoms with van der Waals surface area (Å²) in [6.45, 7) is 7.69. The van der Waals surface area contributed by atoms with E-state index in [1.807, 2.05) is 19.0 Å². The minimum Gasteiger partial charge on any atom is -0.341 e. The van der Waals surface area contributed by atoms with Gasteiger partial charge in [-0.15, -0.1) is 0 Å². The number of hydrogen-bond donors (Lipinski definition) is 1. The third-order valence-electron chi connectivity index (χ3n) is 3.58. The maximum absolute atomic E-state index is 12.2. The molecule has 0 saturated heterocycles. The fourth-order valence-electron chi connectivity index (χ4n) is 2.23. The molecule has 0 bridgehead atoms. The largest absolute Gasteiger partial charge is 0.341 e. The standard InChI is InChI=1S/C15H33N3O/c1-5-11-18(13-12-17(3)4)15(19)8-7-14(6-2)9-10-16/h14H,5-13,16H2,1-4H3. The lowest BCUT2D eigenvalue weighted by atomic mass is 9.96. The molecule has 1 unspecified atom stereocenters. The van der Waals surface area contributed by atoms with Gasteiger partial charge in [0.05, 0.1) is 0 Å². The van der Waals surface area contributed by atoms with E-state index < -0.39 is 0 Å². The topological polar surface area (TPSA) is 49.6 Å². The first-order chi connectivity index (χ1) is 9.04. The summed E-state index contributed by atoms with van der Waals surface area (Å²) in [5.74, 6) is 0.908. The molecule has 0 heterocycles. The number of likely N-dealkylation sites (N-methyl/N-ethyl adjacent to an activating group) is 1. The molecule has 0 aromatic heterocycles. The van der Waals surface area contributed by atoms with Crippen LogP contribution < -0.4 is 5.73 Å². The van der Waals surface area contributed by atoms with Crippen molar-refractivity contribution in [2.75, 3.05) is 40.3 Å². The average Bonchev–Trinajstić information content (AvgIpc) is 2.38. The van der Waals surface area contributed by atoms with Gasteiger partial charge in [0.15, 0.2) is 0 Å². The van der Waals surface area contributed by atoms with Crippen LogP contribution in [0.4, 0.5) is 0 Å². The summed E-state index contributed by atoms with van der Waals surface area (Å²) in [5.41, 5.74) is 5.60. The Morgan fingerprint density at radius 1 is 1.11 bits per heavy atom. The van der Waals surface area contributed by atoms with Crippen molar-refractivity contribution in [2.45, 2.75) is 46.0 Å². The Kier molecular flexibility index (Phi) is 10.9. The van der Waals surface area contributed by atoms with Crippen molar-refractivity contribution >= 4 is 5.91 Å². The van der Waals surface area contributed by atoms with Crippen LogP contribution in [0.15, 0.2) is 0 Å². The van der Waals surface area contributed by atoms with E-state index >= 15 is 0 Å². The average molecular weight is 271 g/mol. The third kappa shape index (κ3) is 9.00. The van der Waals surface area contributed by atoms with Crippen molar-refractivity contribution in [3.05, 3.63) is 0 Å². The molecule has 0 aromatic carbocycles. The zero-order chi connectivity index (χ0) is 14.7. The highest BCUT2D eigenvalue weighted by molar-refractivity contribution is 5.76. The number of hydrogen-bond acceptors (Lipinski definition) is 3. The molecule has 0 saturated carbocycles. The summed E-state index contributed by atoms with van der Waals surface area (Å²) < 4.78 is 0. The monoisotopic (exact) mass is 271 g/mol. The highest BCUT2D eigenvalue weighted by Crippen LogP contribution is 2.15. The Morgan fingerprint density at radius 2 is 1.79 bits per heavy atom. The van der Waals surface area contributed by atoms with E-state index in [4.69, 9.17) is 5.73 Å². The third-order valence-corrected chi connectivity index (χ3v) is 3.58. The number of amides is 1. The number of carbonyl (C=O) groups excluding carboxylic acids is 1. The first-order valence-electron chi connectivity index (χ1n) is 7.67. The summed E-state index contributed by atoms with van der Waals surface area (Å²) in [6.07, 6.45) is 4.84. The first kappa shape index (κ1) is 18.4. The lowest BCUT2D eigenvalue weighted by Crippen LogP contribution is -2.37. The fourth-order valence-corrected chi connectivity index (χ4v) is 2.23. The van der Waals surface area contributed by atoms with Crippen LogP contribution in [0, 0.1) is 5.92 Å². The summed E-state index contributed by atoms with van der Waals surface area (Å²) in [5, 5.41) is 0. The summed E-state index contributed by atoms with van der Waals surface area (Å²) >= 11 is 0. The second kappa shape index (κ2) is 11.2. The molecule has 4 nitrogen and oxygen atoms in total. The smallest absolute Gasteiger partial charge is 0.222 e. The Morgan fingerprint density at radius 3 is 2.26 bits per heavy atom. The van der Waals surface area contributed by atoms with E-state index in [1.54, 1.807) is 0 Å². The molecule has 0 rings (SSSR count). The highest BCUT2D eigenvalue weighted by atomic mass is 16.2. The van der Waals surface area contributed by atoms with Crippen molar-refractivity contribution in [2.24, 2.45) is 11.7 Å². The first-order valence-corrected chi connectivity index (χ1v) is 7.67. The van der Waals surface area contributed by atoms with Crippen molar-refractivity contribution in [1.82, 2.24) is 9.80 Å². The molecule has 0 aliphatic rings. The number of rotatable bonds is 11. The zero-order valence-corrected chi connectivity index (χ0v) is 13.3. The molecule has 4 heteroatoms. The molecule has 0 aliphatic carbocycles. The maximum atomic E-state index is 12.2. The molecular formula is C15H33N3O. The molecule has 0 fully saturated rings. The van der Waals surface area contributed by atoms with Gasteiger partial charge in [-0.25, -0.2) is 0 Å². The SMILES string of the molecule is CCCN(CCN(C)C)C(=O)CCC(CC)CCN. The van der Waals surface area contributed by atoms with Crippen LogP contribution in [-0.4, -0.2) is 56.0 Å². The number of nitrogens with zero attached hydrogens (tertiary/aromatic N) is 2. The van der Waals surface area contributed by atoms with Crippen LogP contribution in [-0.2, 0) is 4.79 Å². The number of carbonyl (C=O) groups is 1. The van der Waals surface area contributed by atoms with Gasteiger partial charge >= 0.3 is 0 Å². The van der Waals surface area contributed by atoms with E-state index in [1.165, 1.54) is 0 Å². The van der Waals surface area contributed by atoms with Gasteiger partial charge in [0, 0.05) is 26.1 Å². The normalized spacial score (nSPS) is 12.7. The van der Waals surface area contributed by atoms with E-state index in [9.17, 15) is 4.79 Å². The molecule has 19 heavy (non-hydrogen) atoms. The lowest BCUT2D eigenvalue weighted by molar-refractivity contribution is -0.131. The minimum absolute atomic E-state index is 0.305. The molecule has 1 amide bonds. The van der Waals surface area contributed by atoms with E-state index in [-0.39, 0.29) is 0 Å². The Balaban J connectivity index is 4.15. The Bertz CT molecular complexity index is 231. The van der Waals surface area contributed by atoms with E-state index in [2.05, 4.69) is 18.7 Å². The van der Waals surface area contributed by atoms with Gasteiger partial charge in [0.25, 0.3) is 0 Å². The van der Waals surface area contributed by atoms with Gasteiger partial charge < -0.3 is 15.5 Å². The van der Waals surface area contributed by atoms with Gasteiger partial charge in [-0.05, 0) is 45.8 Å². The molecule has 0 aromatic rings. The second-order valence-electron chi connectivity index (χ2n) is 5.57. The van der Waals surface area contributed by atoms with Crippen LogP contribution >= 0.6 is 0 Å². The fraction of sp³-hybridized carbons (Fsp3) is 0.933. The quantitative estimate of drug-likeness (QED) is 0.625. The van der Waals surface area contributed by atoms with E-state index in [0.717, 1.165) is 51.9 Å². The predicted molar refractivity (Wildman–Crippen MR) is 82.1 cm³/mol. The van der Waals surface area contributed by atoms with Gasteiger partial charge in [0.1, 0.15) is 0 Å². The van der Waals surface area contributed by atoms with Crippen LogP contribution in [0.25, 0.3) is 0 Å². The van der Waals surface area contributed by atoms with Crippen molar-refractivity contribution in [1.29, 1.82) is 0 Å². The van der Waals surface area contributed by atoms with Gasteiger partial charge in [-0.1, -0.05) is 20.3 Å². The number of nitrogens with two attached hydrogens (primary N) is 1. The van der Waals surface area contributed by atoms with Crippen LogP contribution in [0.3, 0.4) is 0 Å².